The number of anilines is 1. The lowest BCUT2D eigenvalue weighted by Gasteiger charge is -2.09. The first kappa shape index (κ1) is 13.8. The quantitative estimate of drug-likeness (QED) is 0.877. The minimum atomic E-state index is -0.577. The highest BCUT2D eigenvalue weighted by atomic mass is 16.2. The summed E-state index contributed by atoms with van der Waals surface area (Å²) in [6.45, 7) is 3.83. The maximum atomic E-state index is 12.0. The van der Waals surface area contributed by atoms with Gasteiger partial charge in [-0.3, -0.25) is 14.3 Å². The minimum Gasteiger partial charge on any atom is -0.366 e. The van der Waals surface area contributed by atoms with E-state index in [0.29, 0.717) is 5.69 Å². The number of aromatic nitrogens is 2. The Kier molecular flexibility index (Phi) is 3.84. The molecule has 0 atom stereocenters. The number of para-hydroxylation sites is 1. The molecule has 6 heteroatoms. The fourth-order valence-electron chi connectivity index (χ4n) is 1.97. The number of nitrogens with two attached hydrogens (primary N) is 1. The van der Waals surface area contributed by atoms with Gasteiger partial charge in [-0.2, -0.15) is 5.10 Å². The predicted molar refractivity (Wildman–Crippen MR) is 75.3 cm³/mol. The van der Waals surface area contributed by atoms with Crippen LogP contribution in [0, 0.1) is 13.8 Å². The van der Waals surface area contributed by atoms with Gasteiger partial charge < -0.3 is 11.1 Å². The zero-order valence-corrected chi connectivity index (χ0v) is 11.4. The van der Waals surface area contributed by atoms with E-state index in [9.17, 15) is 9.59 Å². The molecule has 1 aromatic heterocycles. The maximum absolute atomic E-state index is 12.0. The monoisotopic (exact) mass is 272 g/mol. The average Bonchev–Trinajstić information content (AvgIpc) is 2.68. The van der Waals surface area contributed by atoms with E-state index in [1.165, 1.54) is 0 Å². The molecule has 0 spiro atoms. The smallest absolute Gasteiger partial charge is 0.250 e. The Labute approximate surface area is 116 Å². The molecule has 6 nitrogen and oxygen atoms in total. The molecule has 0 fully saturated rings. The van der Waals surface area contributed by atoms with Crippen molar-refractivity contribution in [2.75, 3.05) is 5.32 Å². The summed E-state index contributed by atoms with van der Waals surface area (Å²) in [5.74, 6) is -0.836. The van der Waals surface area contributed by atoms with Gasteiger partial charge >= 0.3 is 0 Å². The normalized spacial score (nSPS) is 10.3. The van der Waals surface area contributed by atoms with Crippen molar-refractivity contribution in [2.24, 2.45) is 5.73 Å². The van der Waals surface area contributed by atoms with E-state index in [4.69, 9.17) is 5.73 Å². The van der Waals surface area contributed by atoms with Crippen molar-refractivity contribution in [1.82, 2.24) is 9.78 Å². The van der Waals surface area contributed by atoms with Crippen molar-refractivity contribution >= 4 is 17.5 Å². The van der Waals surface area contributed by atoms with Gasteiger partial charge in [-0.25, -0.2) is 0 Å². The standard InChI is InChI=1S/C14H16N4O2/c1-9-7-10(2)18(17-9)8-13(19)16-12-6-4-3-5-11(12)14(15)20/h3-7H,8H2,1-2H3,(H2,15,20)(H,16,19). The molecule has 2 amide bonds. The van der Waals surface area contributed by atoms with Crippen molar-refractivity contribution < 1.29 is 9.59 Å². The lowest BCUT2D eigenvalue weighted by Crippen LogP contribution is -2.22. The van der Waals surface area contributed by atoms with Crippen LogP contribution in [0.4, 0.5) is 5.69 Å². The van der Waals surface area contributed by atoms with E-state index in [1.807, 2.05) is 19.9 Å². The third kappa shape index (κ3) is 3.03. The van der Waals surface area contributed by atoms with Crippen LogP contribution in [0.2, 0.25) is 0 Å². The highest BCUT2D eigenvalue weighted by Crippen LogP contribution is 2.14. The summed E-state index contributed by atoms with van der Waals surface area (Å²) in [7, 11) is 0. The number of benzene rings is 1. The van der Waals surface area contributed by atoms with E-state index < -0.39 is 5.91 Å². The second kappa shape index (κ2) is 5.56. The Balaban J connectivity index is 2.13. The van der Waals surface area contributed by atoms with Gasteiger partial charge in [0.2, 0.25) is 5.91 Å². The first-order chi connectivity index (χ1) is 9.47. The number of aryl methyl sites for hydroxylation is 2. The predicted octanol–water partition coefficient (Wildman–Crippen LogP) is 1.24. The summed E-state index contributed by atoms with van der Waals surface area (Å²) in [5.41, 5.74) is 7.72. The fraction of sp³-hybridized carbons (Fsp3) is 0.214. The number of carbonyl (C=O) groups is 2. The zero-order chi connectivity index (χ0) is 14.7. The molecule has 0 aliphatic carbocycles. The first-order valence-corrected chi connectivity index (χ1v) is 6.17. The van der Waals surface area contributed by atoms with Gasteiger partial charge in [-0.15, -0.1) is 0 Å². The van der Waals surface area contributed by atoms with Crippen LogP contribution in [0.15, 0.2) is 30.3 Å². The van der Waals surface area contributed by atoms with Crippen molar-refractivity contribution in [2.45, 2.75) is 20.4 Å². The molecule has 3 N–H and O–H groups in total. The van der Waals surface area contributed by atoms with Gasteiger partial charge in [0.1, 0.15) is 6.54 Å². The van der Waals surface area contributed by atoms with Crippen LogP contribution in [-0.2, 0) is 11.3 Å². The molecule has 0 saturated heterocycles. The lowest BCUT2D eigenvalue weighted by molar-refractivity contribution is -0.116. The molecule has 1 heterocycles. The fourth-order valence-corrected chi connectivity index (χ4v) is 1.97. The number of hydrogen-bond donors (Lipinski definition) is 2. The Morgan fingerprint density at radius 1 is 1.30 bits per heavy atom. The molecule has 2 rings (SSSR count). The lowest BCUT2D eigenvalue weighted by atomic mass is 10.1. The van der Waals surface area contributed by atoms with Gasteiger partial charge in [-0.05, 0) is 32.0 Å². The molecule has 104 valence electrons. The number of carbonyl (C=O) groups excluding carboxylic acids is 2. The van der Waals surface area contributed by atoms with Crippen molar-refractivity contribution in [3.8, 4) is 0 Å². The molecule has 0 saturated carbocycles. The van der Waals surface area contributed by atoms with E-state index in [0.717, 1.165) is 11.4 Å². The molecule has 0 aliphatic rings. The van der Waals surface area contributed by atoms with Gasteiger partial charge in [0, 0.05) is 5.69 Å². The van der Waals surface area contributed by atoms with Gasteiger partial charge in [-0.1, -0.05) is 12.1 Å². The molecule has 2 aromatic rings. The van der Waals surface area contributed by atoms with E-state index in [2.05, 4.69) is 10.4 Å². The second-order valence-corrected chi connectivity index (χ2v) is 4.54. The molecular weight excluding hydrogens is 256 g/mol. The third-order valence-electron chi connectivity index (χ3n) is 2.86. The van der Waals surface area contributed by atoms with Crippen LogP contribution in [-0.4, -0.2) is 21.6 Å². The molecule has 1 aromatic carbocycles. The van der Waals surface area contributed by atoms with Crippen molar-refractivity contribution in [3.63, 3.8) is 0 Å². The number of primary amides is 1. The number of nitrogens with zero attached hydrogens (tertiary/aromatic N) is 2. The van der Waals surface area contributed by atoms with E-state index in [-0.39, 0.29) is 18.0 Å². The molecule has 20 heavy (non-hydrogen) atoms. The highest BCUT2D eigenvalue weighted by molar-refractivity contribution is 6.02. The topological polar surface area (TPSA) is 90.0 Å². The molecule has 0 radical (unpaired) electrons. The van der Waals surface area contributed by atoms with Crippen LogP contribution in [0.3, 0.4) is 0 Å². The molecule has 0 aliphatic heterocycles. The number of nitrogens with one attached hydrogen (secondary N) is 1. The highest BCUT2D eigenvalue weighted by Gasteiger charge is 2.11. The number of amides is 2. The summed E-state index contributed by atoms with van der Waals surface area (Å²) < 4.78 is 1.61. The average molecular weight is 272 g/mol. The van der Waals surface area contributed by atoms with E-state index >= 15 is 0 Å². The SMILES string of the molecule is Cc1cc(C)n(CC(=O)Nc2ccccc2C(N)=O)n1. The third-order valence-corrected chi connectivity index (χ3v) is 2.86. The first-order valence-electron chi connectivity index (χ1n) is 6.17. The summed E-state index contributed by atoms with van der Waals surface area (Å²) in [4.78, 5) is 23.3. The molecule has 0 bridgehead atoms. The number of hydrogen-bond acceptors (Lipinski definition) is 3. The van der Waals surface area contributed by atoms with Gasteiger partial charge in [0.05, 0.1) is 16.9 Å². The van der Waals surface area contributed by atoms with Gasteiger partial charge in [0.25, 0.3) is 5.91 Å². The van der Waals surface area contributed by atoms with Crippen LogP contribution in [0.25, 0.3) is 0 Å². The Morgan fingerprint density at radius 2 is 2.00 bits per heavy atom. The Morgan fingerprint density at radius 3 is 2.60 bits per heavy atom. The summed E-state index contributed by atoms with van der Waals surface area (Å²) in [6, 6.07) is 8.52. The Hall–Kier alpha value is -2.63. The van der Waals surface area contributed by atoms with E-state index in [1.54, 1.807) is 28.9 Å². The largest absolute Gasteiger partial charge is 0.366 e. The minimum absolute atomic E-state index is 0.0900. The van der Waals surface area contributed by atoms with Crippen molar-refractivity contribution in [1.29, 1.82) is 0 Å². The van der Waals surface area contributed by atoms with Crippen LogP contribution < -0.4 is 11.1 Å². The Bertz CT molecular complexity index is 661. The van der Waals surface area contributed by atoms with Crippen LogP contribution >= 0.6 is 0 Å². The van der Waals surface area contributed by atoms with Gasteiger partial charge in [0.15, 0.2) is 0 Å². The van der Waals surface area contributed by atoms with Crippen LogP contribution in [0.5, 0.6) is 0 Å². The van der Waals surface area contributed by atoms with Crippen LogP contribution in [0.1, 0.15) is 21.7 Å². The molecular formula is C14H16N4O2. The maximum Gasteiger partial charge on any atom is 0.250 e. The summed E-state index contributed by atoms with van der Waals surface area (Å²) in [5, 5.41) is 6.89. The number of rotatable bonds is 4. The molecule has 0 unspecified atom stereocenters. The van der Waals surface area contributed by atoms with Crippen molar-refractivity contribution in [3.05, 3.63) is 47.3 Å². The summed E-state index contributed by atoms with van der Waals surface area (Å²) in [6.07, 6.45) is 0. The summed E-state index contributed by atoms with van der Waals surface area (Å²) >= 11 is 0. The zero-order valence-electron chi connectivity index (χ0n) is 11.4. The second-order valence-electron chi connectivity index (χ2n) is 4.54.